The largest absolute Gasteiger partial charge is 0.457 e. The third kappa shape index (κ3) is 41.4. The van der Waals surface area contributed by atoms with Crippen LogP contribution in [0.25, 0.3) is 0 Å². The molecule has 0 rings (SSSR count). The van der Waals surface area contributed by atoms with Crippen LogP contribution in [0.15, 0.2) is 109 Å². The predicted molar refractivity (Wildman–Crippen MR) is 223 cm³/mol. The van der Waals surface area contributed by atoms with Crippen LogP contribution in [0.1, 0.15) is 155 Å². The molecule has 0 aromatic heterocycles. The number of ether oxygens (including phenoxy) is 2. The Labute approximate surface area is 315 Å². The van der Waals surface area contributed by atoms with Gasteiger partial charge in [-0.2, -0.15) is 0 Å². The lowest BCUT2D eigenvalue weighted by Gasteiger charge is -2.15. The fourth-order valence-electron chi connectivity index (χ4n) is 5.15. The lowest BCUT2D eigenvalue weighted by atomic mass is 10.0. The van der Waals surface area contributed by atoms with Crippen molar-refractivity contribution in [1.82, 2.24) is 0 Å². The second-order valence-electron chi connectivity index (χ2n) is 12.9. The summed E-state index contributed by atoms with van der Waals surface area (Å²) in [5.74, 6) is -0.235. The number of allylic oxidation sites excluding steroid dienone is 17. The molecule has 51 heavy (non-hydrogen) atoms. The minimum absolute atomic E-state index is 0.210. The quantitative estimate of drug-likeness (QED) is 0.0401. The zero-order chi connectivity index (χ0) is 37.0. The van der Waals surface area contributed by atoms with E-state index in [0.717, 1.165) is 77.0 Å². The number of rotatable bonds is 36. The van der Waals surface area contributed by atoms with Gasteiger partial charge >= 0.3 is 5.97 Å². The van der Waals surface area contributed by atoms with Gasteiger partial charge in [-0.3, -0.25) is 4.79 Å². The van der Waals surface area contributed by atoms with Gasteiger partial charge in [-0.05, 0) is 83.5 Å². The Bertz CT molecular complexity index is 1010. The van der Waals surface area contributed by atoms with Crippen LogP contribution in [0, 0.1) is 0 Å². The standard InChI is InChI=1S/C47H76O4/c1-3-5-7-9-11-13-15-17-19-21-22-23-24-25-26-27-28-30-32-34-36-38-40-42-47(49)51-46(44-48)45-50-43-41-39-37-35-33-31-29-20-18-16-14-12-10-8-6-4-2/h5-8,11-14,17-20,22-23,31,33,37,39,46,48H,3-4,9-10,15-16,21,24-30,32,34-36,38,40-45H2,1-2H3/b7-5-,8-6-,13-11-,14-12-,19-17-,20-18-,23-22-,33-31-,39-37-. The Hall–Kier alpha value is -2.95. The molecule has 4 heteroatoms. The third-order valence-corrected chi connectivity index (χ3v) is 8.11. The first kappa shape index (κ1) is 48.0. The van der Waals surface area contributed by atoms with Crippen molar-refractivity contribution >= 4 is 5.97 Å². The minimum Gasteiger partial charge on any atom is -0.457 e. The summed E-state index contributed by atoms with van der Waals surface area (Å²) in [6.45, 7) is 4.89. The van der Waals surface area contributed by atoms with Crippen LogP contribution in [0.4, 0.5) is 0 Å². The van der Waals surface area contributed by atoms with E-state index in [-0.39, 0.29) is 19.2 Å². The van der Waals surface area contributed by atoms with Gasteiger partial charge in [0.2, 0.25) is 0 Å². The van der Waals surface area contributed by atoms with Crippen molar-refractivity contribution in [2.24, 2.45) is 0 Å². The predicted octanol–water partition coefficient (Wildman–Crippen LogP) is 13.5. The molecule has 0 radical (unpaired) electrons. The number of aliphatic hydroxyl groups is 1. The number of carbonyl (C=O) groups excluding carboxylic acids is 1. The molecule has 0 aliphatic carbocycles. The molecule has 0 aromatic rings. The fourth-order valence-corrected chi connectivity index (χ4v) is 5.15. The van der Waals surface area contributed by atoms with E-state index in [9.17, 15) is 9.90 Å². The average Bonchev–Trinajstić information content (AvgIpc) is 3.14. The third-order valence-electron chi connectivity index (χ3n) is 8.11. The molecule has 4 nitrogen and oxygen atoms in total. The molecule has 0 aliphatic heterocycles. The van der Waals surface area contributed by atoms with Crippen molar-refractivity contribution in [1.29, 1.82) is 0 Å². The van der Waals surface area contributed by atoms with Crippen LogP contribution in [-0.4, -0.2) is 37.0 Å². The Morgan fingerprint density at radius 2 is 0.824 bits per heavy atom. The first-order valence-corrected chi connectivity index (χ1v) is 20.5. The number of unbranched alkanes of at least 4 members (excludes halogenated alkanes) is 10. The van der Waals surface area contributed by atoms with Crippen LogP contribution >= 0.6 is 0 Å². The smallest absolute Gasteiger partial charge is 0.306 e. The van der Waals surface area contributed by atoms with Crippen molar-refractivity contribution < 1.29 is 19.4 Å². The highest BCUT2D eigenvalue weighted by molar-refractivity contribution is 5.69. The van der Waals surface area contributed by atoms with Crippen molar-refractivity contribution in [2.75, 3.05) is 19.8 Å². The highest BCUT2D eigenvalue weighted by atomic mass is 16.6. The zero-order valence-electron chi connectivity index (χ0n) is 32.8. The van der Waals surface area contributed by atoms with Gasteiger partial charge in [0.1, 0.15) is 6.10 Å². The maximum Gasteiger partial charge on any atom is 0.306 e. The molecule has 0 saturated carbocycles. The average molecular weight is 705 g/mol. The topological polar surface area (TPSA) is 55.8 Å². The summed E-state index contributed by atoms with van der Waals surface area (Å²) >= 11 is 0. The van der Waals surface area contributed by atoms with Crippen molar-refractivity contribution in [3.05, 3.63) is 109 Å². The monoisotopic (exact) mass is 705 g/mol. The van der Waals surface area contributed by atoms with E-state index in [1.807, 2.05) is 0 Å². The van der Waals surface area contributed by atoms with Crippen molar-refractivity contribution in [2.45, 2.75) is 161 Å². The molecule has 1 N–H and O–H groups in total. The lowest BCUT2D eigenvalue weighted by Crippen LogP contribution is -2.27. The maximum absolute atomic E-state index is 12.2. The van der Waals surface area contributed by atoms with E-state index in [0.29, 0.717) is 13.0 Å². The van der Waals surface area contributed by atoms with Crippen LogP contribution in [0.5, 0.6) is 0 Å². The summed E-state index contributed by atoms with van der Waals surface area (Å²) in [6, 6.07) is 0. The molecule has 0 aromatic carbocycles. The second-order valence-corrected chi connectivity index (χ2v) is 12.9. The van der Waals surface area contributed by atoms with Gasteiger partial charge in [0.25, 0.3) is 0 Å². The first-order valence-electron chi connectivity index (χ1n) is 20.5. The number of esters is 1. The van der Waals surface area contributed by atoms with E-state index >= 15 is 0 Å². The Morgan fingerprint density at radius 1 is 0.471 bits per heavy atom. The number of aliphatic hydroxyl groups excluding tert-OH is 1. The molecular weight excluding hydrogens is 629 g/mol. The van der Waals surface area contributed by atoms with Gasteiger partial charge < -0.3 is 14.6 Å². The van der Waals surface area contributed by atoms with Crippen LogP contribution in [-0.2, 0) is 14.3 Å². The second kappa shape index (κ2) is 43.2. The normalized spacial score (nSPS) is 13.5. The zero-order valence-corrected chi connectivity index (χ0v) is 32.8. The van der Waals surface area contributed by atoms with Gasteiger partial charge in [0.05, 0.1) is 19.8 Å². The molecule has 288 valence electrons. The molecular formula is C47H76O4. The van der Waals surface area contributed by atoms with E-state index in [1.54, 1.807) is 0 Å². The van der Waals surface area contributed by atoms with Crippen LogP contribution < -0.4 is 0 Å². The molecule has 0 heterocycles. The van der Waals surface area contributed by atoms with Crippen LogP contribution in [0.2, 0.25) is 0 Å². The Balaban J connectivity index is 3.58. The maximum atomic E-state index is 12.2. The van der Waals surface area contributed by atoms with Crippen molar-refractivity contribution in [3.63, 3.8) is 0 Å². The summed E-state index contributed by atoms with van der Waals surface area (Å²) in [4.78, 5) is 12.2. The number of carbonyl (C=O) groups is 1. The van der Waals surface area contributed by atoms with Crippen molar-refractivity contribution in [3.8, 4) is 0 Å². The van der Waals surface area contributed by atoms with Crippen LogP contribution in [0.3, 0.4) is 0 Å². The number of hydrogen-bond acceptors (Lipinski definition) is 4. The first-order chi connectivity index (χ1) is 25.2. The number of hydrogen-bond donors (Lipinski definition) is 1. The summed E-state index contributed by atoms with van der Waals surface area (Å²) in [5, 5.41) is 9.58. The van der Waals surface area contributed by atoms with Gasteiger partial charge in [0.15, 0.2) is 0 Å². The summed E-state index contributed by atoms with van der Waals surface area (Å²) < 4.78 is 11.0. The molecule has 0 fully saturated rings. The molecule has 1 unspecified atom stereocenters. The van der Waals surface area contributed by atoms with E-state index < -0.39 is 6.10 Å². The minimum atomic E-state index is -0.584. The Kier molecular flexibility index (Phi) is 40.7. The van der Waals surface area contributed by atoms with Gasteiger partial charge in [-0.1, -0.05) is 175 Å². The molecule has 0 saturated heterocycles. The lowest BCUT2D eigenvalue weighted by molar-refractivity contribution is -0.154. The molecule has 0 aliphatic rings. The fraction of sp³-hybridized carbons (Fsp3) is 0.596. The van der Waals surface area contributed by atoms with Gasteiger partial charge in [0, 0.05) is 6.42 Å². The summed E-state index contributed by atoms with van der Waals surface area (Å²) in [6.07, 6.45) is 63.0. The Morgan fingerprint density at radius 3 is 1.24 bits per heavy atom. The summed E-state index contributed by atoms with van der Waals surface area (Å²) in [7, 11) is 0. The molecule has 0 amide bonds. The summed E-state index contributed by atoms with van der Waals surface area (Å²) in [5.41, 5.74) is 0. The highest BCUT2D eigenvalue weighted by Crippen LogP contribution is 2.13. The van der Waals surface area contributed by atoms with E-state index in [1.165, 1.54) is 57.8 Å². The molecule has 1 atom stereocenters. The molecule has 0 bridgehead atoms. The highest BCUT2D eigenvalue weighted by Gasteiger charge is 2.13. The van der Waals surface area contributed by atoms with E-state index in [4.69, 9.17) is 9.47 Å². The van der Waals surface area contributed by atoms with Gasteiger partial charge in [-0.25, -0.2) is 0 Å². The molecule has 0 spiro atoms. The van der Waals surface area contributed by atoms with E-state index in [2.05, 4.69) is 123 Å². The SMILES string of the molecule is CC/C=C\C/C=C\C/C=C\C/C=C\C/C=C\CCOCC(CO)OC(=O)CCCCCCCCCCCC/C=C\C/C=C\C/C=C\C/C=C\CC. The van der Waals surface area contributed by atoms with Gasteiger partial charge in [-0.15, -0.1) is 0 Å².